The predicted octanol–water partition coefficient (Wildman–Crippen LogP) is 3.54. The Morgan fingerprint density at radius 1 is 1.36 bits per heavy atom. The number of carbonyl (C=O) groups is 1. The minimum atomic E-state index is -0.0932. The maximum Gasteiger partial charge on any atom is 0.262 e. The highest BCUT2D eigenvalue weighted by Crippen LogP contribution is 2.20. The van der Waals surface area contributed by atoms with Gasteiger partial charge in [0.25, 0.3) is 5.56 Å². The molecule has 25 heavy (non-hydrogen) atoms. The molecule has 2 aromatic rings. The van der Waals surface area contributed by atoms with Crippen LogP contribution < -0.4 is 5.56 Å². The van der Waals surface area contributed by atoms with Crippen LogP contribution in [0.1, 0.15) is 20.8 Å². The first-order chi connectivity index (χ1) is 11.9. The smallest absolute Gasteiger partial charge is 0.262 e. The number of halogens is 1. The highest BCUT2D eigenvalue weighted by Gasteiger charge is 2.15. The summed E-state index contributed by atoms with van der Waals surface area (Å²) in [5.41, 5.74) is 1.43. The monoisotopic (exact) mass is 471 g/mol. The lowest BCUT2D eigenvalue weighted by Crippen LogP contribution is -2.32. The van der Waals surface area contributed by atoms with Crippen LogP contribution in [0, 0.1) is 3.57 Å². The molecule has 1 aromatic heterocycles. The quantitative estimate of drug-likeness (QED) is 0.268. The predicted molar refractivity (Wildman–Crippen MR) is 112 cm³/mol. The number of rotatable bonds is 7. The Morgan fingerprint density at radius 3 is 2.64 bits per heavy atom. The molecular weight excluding hydrogens is 449 g/mol. The van der Waals surface area contributed by atoms with E-state index in [1.807, 2.05) is 39.0 Å². The number of carbonyl (C=O) groups excluding carboxylic acids is 1. The van der Waals surface area contributed by atoms with E-state index in [1.165, 1.54) is 11.8 Å². The molecule has 0 aliphatic carbocycles. The Hall–Kier alpha value is -1.35. The number of allylic oxidation sites excluding steroid dienone is 1. The van der Waals surface area contributed by atoms with Crippen molar-refractivity contribution in [1.29, 1.82) is 0 Å². The van der Waals surface area contributed by atoms with Crippen molar-refractivity contribution in [1.82, 2.24) is 14.5 Å². The zero-order valence-corrected chi connectivity index (χ0v) is 17.7. The lowest BCUT2D eigenvalue weighted by Gasteiger charge is -2.19. The maximum absolute atomic E-state index is 12.9. The highest BCUT2D eigenvalue weighted by atomic mass is 127. The number of nitrogens with zero attached hydrogens (tertiary/aromatic N) is 3. The van der Waals surface area contributed by atoms with E-state index in [1.54, 1.807) is 9.47 Å². The summed E-state index contributed by atoms with van der Waals surface area (Å²) in [5, 5.41) is 1.15. The fourth-order valence-corrected chi connectivity index (χ4v) is 3.88. The van der Waals surface area contributed by atoms with Gasteiger partial charge in [0.2, 0.25) is 5.91 Å². The van der Waals surface area contributed by atoms with Gasteiger partial charge in [-0.3, -0.25) is 14.2 Å². The van der Waals surface area contributed by atoms with E-state index in [4.69, 9.17) is 0 Å². The van der Waals surface area contributed by atoms with Crippen LogP contribution in [0.4, 0.5) is 0 Å². The Balaban J connectivity index is 2.43. The third-order valence-electron chi connectivity index (χ3n) is 3.75. The molecule has 0 bridgehead atoms. The second-order valence-electron chi connectivity index (χ2n) is 5.76. The van der Waals surface area contributed by atoms with Crippen molar-refractivity contribution in [3.63, 3.8) is 0 Å². The van der Waals surface area contributed by atoms with E-state index in [0.29, 0.717) is 35.7 Å². The zero-order chi connectivity index (χ0) is 18.6. The van der Waals surface area contributed by atoms with E-state index in [-0.39, 0.29) is 17.2 Å². The molecule has 7 heteroatoms. The van der Waals surface area contributed by atoms with Gasteiger partial charge in [-0.25, -0.2) is 4.98 Å². The van der Waals surface area contributed by atoms with Crippen LogP contribution in [0.15, 0.2) is 40.3 Å². The largest absolute Gasteiger partial charge is 0.343 e. The molecule has 0 spiro atoms. The summed E-state index contributed by atoms with van der Waals surface area (Å²) in [5.74, 6) is 0.314. The van der Waals surface area contributed by atoms with Gasteiger partial charge >= 0.3 is 0 Å². The lowest BCUT2D eigenvalue weighted by atomic mass is 10.2. The van der Waals surface area contributed by atoms with E-state index >= 15 is 0 Å². The van der Waals surface area contributed by atoms with Crippen molar-refractivity contribution in [2.45, 2.75) is 32.5 Å². The van der Waals surface area contributed by atoms with Crippen LogP contribution in [0.2, 0.25) is 0 Å². The number of hydrogen-bond acceptors (Lipinski definition) is 4. The first-order valence-electron chi connectivity index (χ1n) is 8.12. The molecule has 0 radical (unpaired) electrons. The van der Waals surface area contributed by atoms with Crippen LogP contribution in [-0.2, 0) is 11.3 Å². The van der Waals surface area contributed by atoms with Gasteiger partial charge in [0.15, 0.2) is 5.16 Å². The van der Waals surface area contributed by atoms with Crippen LogP contribution >= 0.6 is 34.4 Å². The summed E-state index contributed by atoms with van der Waals surface area (Å²) >= 11 is 3.49. The minimum absolute atomic E-state index is 0.0498. The van der Waals surface area contributed by atoms with E-state index in [0.717, 1.165) is 9.14 Å². The maximum atomic E-state index is 12.9. The third-order valence-corrected chi connectivity index (χ3v) is 5.38. The molecule has 0 fully saturated rings. The normalized spacial score (nSPS) is 10.9. The second-order valence-corrected chi connectivity index (χ2v) is 7.95. The van der Waals surface area contributed by atoms with Gasteiger partial charge in [0, 0.05) is 23.2 Å². The first-order valence-corrected chi connectivity index (χ1v) is 10.2. The molecule has 0 aliphatic heterocycles. The summed E-state index contributed by atoms with van der Waals surface area (Å²) in [6.07, 6.45) is 0. The van der Waals surface area contributed by atoms with Crippen molar-refractivity contribution in [2.24, 2.45) is 0 Å². The van der Waals surface area contributed by atoms with E-state index in [2.05, 4.69) is 34.2 Å². The molecule has 1 amide bonds. The van der Waals surface area contributed by atoms with Gasteiger partial charge in [-0.1, -0.05) is 23.9 Å². The molecule has 0 saturated heterocycles. The van der Waals surface area contributed by atoms with E-state index < -0.39 is 0 Å². The molecule has 0 aliphatic rings. The Morgan fingerprint density at radius 2 is 2.04 bits per heavy atom. The molecule has 134 valence electrons. The van der Waals surface area contributed by atoms with Gasteiger partial charge < -0.3 is 4.90 Å². The molecule has 0 atom stereocenters. The number of thioether (sulfide) groups is 1. The second kappa shape index (κ2) is 8.84. The number of benzene rings is 1. The number of amides is 1. The van der Waals surface area contributed by atoms with Gasteiger partial charge in [-0.2, -0.15) is 0 Å². The molecule has 5 nitrogen and oxygen atoms in total. The van der Waals surface area contributed by atoms with Gasteiger partial charge in [0.1, 0.15) is 0 Å². The summed E-state index contributed by atoms with van der Waals surface area (Å²) < 4.78 is 2.60. The molecule has 0 saturated carbocycles. The summed E-state index contributed by atoms with van der Waals surface area (Å²) in [6.45, 7) is 11.5. The Bertz CT molecular complexity index is 859. The van der Waals surface area contributed by atoms with Gasteiger partial charge in [-0.05, 0) is 61.6 Å². The van der Waals surface area contributed by atoms with Crippen molar-refractivity contribution in [3.05, 3.63) is 44.3 Å². The number of hydrogen-bond donors (Lipinski definition) is 0. The fourth-order valence-electron chi connectivity index (χ4n) is 2.49. The molecular formula is C18H22IN3O2S. The average molecular weight is 471 g/mol. The molecule has 1 aromatic carbocycles. The SMILES string of the molecule is C=C(C)Cn1c(SCC(=O)N(CC)CC)nc2ccc(I)cc2c1=O. The lowest BCUT2D eigenvalue weighted by molar-refractivity contribution is -0.127. The van der Waals surface area contributed by atoms with Crippen LogP contribution in [-0.4, -0.2) is 39.2 Å². The highest BCUT2D eigenvalue weighted by molar-refractivity contribution is 14.1. The first kappa shape index (κ1) is 20.0. The zero-order valence-electron chi connectivity index (χ0n) is 14.7. The van der Waals surface area contributed by atoms with Gasteiger partial charge in [0.05, 0.1) is 16.7 Å². The van der Waals surface area contributed by atoms with Gasteiger partial charge in [-0.15, -0.1) is 0 Å². The summed E-state index contributed by atoms with van der Waals surface area (Å²) in [6, 6.07) is 5.61. The third kappa shape index (κ3) is 4.84. The standard InChI is InChI=1S/C18H22IN3O2S/c1-5-21(6-2)16(23)11-25-18-20-15-8-7-13(19)9-14(15)17(24)22(18)10-12(3)4/h7-9H,3,5-6,10-11H2,1-2,4H3. The molecule has 0 unspecified atom stereocenters. The number of fused-ring (bicyclic) bond motifs is 1. The summed E-state index contributed by atoms with van der Waals surface area (Å²) in [4.78, 5) is 31.6. The van der Waals surface area contributed by atoms with Crippen LogP contribution in [0.25, 0.3) is 10.9 Å². The van der Waals surface area contributed by atoms with Crippen molar-refractivity contribution >= 4 is 51.2 Å². The average Bonchev–Trinajstić information content (AvgIpc) is 2.57. The summed E-state index contributed by atoms with van der Waals surface area (Å²) in [7, 11) is 0. The van der Waals surface area contributed by atoms with Crippen molar-refractivity contribution in [3.8, 4) is 0 Å². The van der Waals surface area contributed by atoms with Crippen molar-refractivity contribution in [2.75, 3.05) is 18.8 Å². The van der Waals surface area contributed by atoms with Crippen molar-refractivity contribution < 1.29 is 4.79 Å². The topological polar surface area (TPSA) is 55.2 Å². The fraction of sp³-hybridized carbons (Fsp3) is 0.389. The Kier molecular flexibility index (Phi) is 7.06. The Labute approximate surface area is 165 Å². The van der Waals surface area contributed by atoms with Crippen LogP contribution in [0.5, 0.6) is 0 Å². The minimum Gasteiger partial charge on any atom is -0.343 e. The molecule has 2 rings (SSSR count). The molecule has 0 N–H and O–H groups in total. The van der Waals surface area contributed by atoms with Crippen LogP contribution in [0.3, 0.4) is 0 Å². The van der Waals surface area contributed by atoms with E-state index in [9.17, 15) is 9.59 Å². The molecule has 1 heterocycles. The number of aromatic nitrogens is 2.